The summed E-state index contributed by atoms with van der Waals surface area (Å²) in [5, 5.41) is 0. The van der Waals surface area contributed by atoms with Crippen molar-refractivity contribution in [3.63, 3.8) is 0 Å². The smallest absolute Gasteiger partial charge is 0.143 e. The van der Waals surface area contributed by atoms with Crippen LogP contribution >= 0.6 is 8.03 Å². The first kappa shape index (κ1) is 12.5. The van der Waals surface area contributed by atoms with Gasteiger partial charge in [0.15, 0.2) is 6.16 Å². The monoisotopic (exact) mass is 243 g/mol. The predicted molar refractivity (Wildman–Crippen MR) is 67.0 cm³/mol. The van der Waals surface area contributed by atoms with Gasteiger partial charge in [-0.3, -0.25) is 0 Å². The molecule has 2 nitrogen and oxygen atoms in total. The summed E-state index contributed by atoms with van der Waals surface area (Å²) in [6, 6.07) is 0. The first-order chi connectivity index (χ1) is 7.84. The molecule has 2 aliphatic carbocycles. The minimum Gasteiger partial charge on any atom is -0.143 e. The van der Waals surface area contributed by atoms with Gasteiger partial charge in [-0.15, -0.1) is 4.52 Å². The molecule has 2 fully saturated rings. The first-order valence-corrected chi connectivity index (χ1v) is 8.32. The molecular formula is C13H24O2P+. The molecule has 92 valence electrons. The van der Waals surface area contributed by atoms with Crippen LogP contribution in [0.5, 0.6) is 0 Å². The van der Waals surface area contributed by atoms with Crippen LogP contribution in [0.1, 0.15) is 64.2 Å². The second-order valence-electron chi connectivity index (χ2n) is 5.38. The highest BCUT2D eigenvalue weighted by atomic mass is 31.1. The lowest BCUT2D eigenvalue weighted by Gasteiger charge is -2.18. The van der Waals surface area contributed by atoms with Crippen molar-refractivity contribution in [1.29, 1.82) is 0 Å². The van der Waals surface area contributed by atoms with Crippen LogP contribution in [-0.2, 0) is 9.09 Å². The average Bonchev–Trinajstić information content (AvgIpc) is 2.31. The van der Waals surface area contributed by atoms with E-state index >= 15 is 0 Å². The van der Waals surface area contributed by atoms with Crippen molar-refractivity contribution < 1.29 is 9.09 Å². The van der Waals surface area contributed by atoms with Crippen molar-refractivity contribution in [3.05, 3.63) is 0 Å². The molecule has 2 saturated carbocycles. The molecule has 0 amide bonds. The Bertz CT molecular complexity index is 196. The van der Waals surface area contributed by atoms with Crippen LogP contribution in [0.2, 0.25) is 0 Å². The van der Waals surface area contributed by atoms with Crippen LogP contribution in [0.25, 0.3) is 0 Å². The van der Waals surface area contributed by atoms with E-state index in [1.165, 1.54) is 51.4 Å². The summed E-state index contributed by atoms with van der Waals surface area (Å²) in [4.78, 5) is 0. The highest BCUT2D eigenvalue weighted by Crippen LogP contribution is 2.36. The molecule has 0 spiro atoms. The normalized spacial score (nSPS) is 25.6. The van der Waals surface area contributed by atoms with Crippen molar-refractivity contribution in [1.82, 2.24) is 0 Å². The van der Waals surface area contributed by atoms with Crippen molar-refractivity contribution in [2.75, 3.05) is 6.16 Å². The molecule has 0 radical (unpaired) electrons. The van der Waals surface area contributed by atoms with Gasteiger partial charge in [0.2, 0.25) is 0 Å². The molecule has 0 aromatic rings. The molecule has 1 unspecified atom stereocenters. The maximum absolute atomic E-state index is 11.9. The second kappa shape index (κ2) is 6.71. The van der Waals surface area contributed by atoms with E-state index in [4.69, 9.17) is 4.52 Å². The molecule has 0 saturated heterocycles. The van der Waals surface area contributed by atoms with Gasteiger partial charge in [-0.1, -0.05) is 38.5 Å². The summed E-state index contributed by atoms with van der Waals surface area (Å²) in [6.45, 7) is 0. The van der Waals surface area contributed by atoms with Gasteiger partial charge in [0.05, 0.1) is 0 Å². The SMILES string of the molecule is O=[P+](CC1CCCCC1)OC1CCCCC1. The Labute approximate surface area is 100 Å². The molecule has 16 heavy (non-hydrogen) atoms. The van der Waals surface area contributed by atoms with Gasteiger partial charge in [-0.2, -0.15) is 0 Å². The van der Waals surface area contributed by atoms with Crippen LogP contribution < -0.4 is 0 Å². The largest absolute Gasteiger partial charge is 0.508 e. The Kier molecular flexibility index (Phi) is 5.25. The van der Waals surface area contributed by atoms with Crippen molar-refractivity contribution in [3.8, 4) is 0 Å². The Morgan fingerprint density at radius 2 is 1.44 bits per heavy atom. The van der Waals surface area contributed by atoms with E-state index < -0.39 is 8.03 Å². The van der Waals surface area contributed by atoms with E-state index in [0.717, 1.165) is 19.0 Å². The third-order valence-electron chi connectivity index (χ3n) is 3.95. The van der Waals surface area contributed by atoms with Crippen LogP contribution in [0.3, 0.4) is 0 Å². The molecule has 2 rings (SSSR count). The molecule has 0 heterocycles. The van der Waals surface area contributed by atoms with E-state index in [2.05, 4.69) is 0 Å². The first-order valence-electron chi connectivity index (χ1n) is 6.96. The quantitative estimate of drug-likeness (QED) is 0.671. The molecular weight excluding hydrogens is 219 g/mol. The Morgan fingerprint density at radius 3 is 2.06 bits per heavy atom. The highest BCUT2D eigenvalue weighted by molar-refractivity contribution is 7.39. The van der Waals surface area contributed by atoms with Crippen LogP contribution in [-0.4, -0.2) is 12.3 Å². The molecule has 0 aliphatic heterocycles. The minimum atomic E-state index is -1.38. The zero-order valence-corrected chi connectivity index (χ0v) is 11.1. The van der Waals surface area contributed by atoms with E-state index in [1.54, 1.807) is 0 Å². The van der Waals surface area contributed by atoms with Crippen molar-refractivity contribution in [2.24, 2.45) is 5.92 Å². The fraction of sp³-hybridized carbons (Fsp3) is 1.00. The molecule has 0 N–H and O–H groups in total. The van der Waals surface area contributed by atoms with Crippen LogP contribution in [0.15, 0.2) is 0 Å². The van der Waals surface area contributed by atoms with Gasteiger partial charge in [0, 0.05) is 5.92 Å². The predicted octanol–water partition coefficient (Wildman–Crippen LogP) is 4.66. The van der Waals surface area contributed by atoms with Crippen LogP contribution in [0, 0.1) is 5.92 Å². The zero-order chi connectivity index (χ0) is 11.2. The Morgan fingerprint density at radius 1 is 0.875 bits per heavy atom. The number of hydrogen-bond donors (Lipinski definition) is 0. The maximum atomic E-state index is 11.9. The average molecular weight is 243 g/mol. The van der Waals surface area contributed by atoms with Crippen molar-refractivity contribution >= 4 is 8.03 Å². The third kappa shape index (κ3) is 4.14. The highest BCUT2D eigenvalue weighted by Gasteiger charge is 2.30. The topological polar surface area (TPSA) is 26.3 Å². The van der Waals surface area contributed by atoms with Crippen molar-refractivity contribution in [2.45, 2.75) is 70.3 Å². The summed E-state index contributed by atoms with van der Waals surface area (Å²) >= 11 is 0. The van der Waals surface area contributed by atoms with E-state index in [0.29, 0.717) is 12.0 Å². The van der Waals surface area contributed by atoms with Gasteiger partial charge in [0.25, 0.3) is 0 Å². The standard InChI is InChI=1S/C13H24O2P/c14-16(11-12-7-3-1-4-8-12)15-13-9-5-2-6-10-13/h12-13H,1-11H2/q+1. The van der Waals surface area contributed by atoms with Gasteiger partial charge >= 0.3 is 8.03 Å². The van der Waals surface area contributed by atoms with E-state index in [-0.39, 0.29) is 0 Å². The summed E-state index contributed by atoms with van der Waals surface area (Å²) in [5.74, 6) is 0.681. The zero-order valence-electron chi connectivity index (χ0n) is 10.2. The molecule has 0 aromatic carbocycles. The number of rotatable bonds is 4. The molecule has 1 atom stereocenters. The van der Waals surface area contributed by atoms with Gasteiger partial charge < -0.3 is 0 Å². The van der Waals surface area contributed by atoms with E-state index in [9.17, 15) is 4.57 Å². The summed E-state index contributed by atoms with van der Waals surface area (Å²) < 4.78 is 17.6. The lowest BCUT2D eigenvalue weighted by atomic mass is 9.91. The lowest BCUT2D eigenvalue weighted by molar-refractivity contribution is 0.164. The summed E-state index contributed by atoms with van der Waals surface area (Å²) in [6.07, 6.45) is 13.8. The minimum absolute atomic E-state index is 0.306. The van der Waals surface area contributed by atoms with Gasteiger partial charge in [-0.05, 0) is 30.2 Å². The van der Waals surface area contributed by atoms with Gasteiger partial charge in [-0.25, -0.2) is 0 Å². The molecule has 0 bridgehead atoms. The van der Waals surface area contributed by atoms with Gasteiger partial charge in [0.1, 0.15) is 6.10 Å². The lowest BCUT2D eigenvalue weighted by Crippen LogP contribution is -2.15. The third-order valence-corrected chi connectivity index (χ3v) is 5.30. The number of hydrogen-bond acceptors (Lipinski definition) is 2. The maximum Gasteiger partial charge on any atom is 0.508 e. The summed E-state index contributed by atoms with van der Waals surface area (Å²) in [5.41, 5.74) is 0. The fourth-order valence-electron chi connectivity index (χ4n) is 2.96. The Balaban J connectivity index is 1.66. The fourth-order valence-corrected chi connectivity index (χ4v) is 4.38. The molecule has 0 aromatic heterocycles. The van der Waals surface area contributed by atoms with Crippen LogP contribution in [0.4, 0.5) is 0 Å². The second-order valence-corrected chi connectivity index (χ2v) is 6.63. The van der Waals surface area contributed by atoms with E-state index in [1.807, 2.05) is 0 Å². The molecule has 3 heteroatoms. The summed E-state index contributed by atoms with van der Waals surface area (Å²) in [7, 11) is -1.38. The molecule has 2 aliphatic rings. The Hall–Kier alpha value is 0.0600.